The second-order valence-corrected chi connectivity index (χ2v) is 6.41. The van der Waals surface area contributed by atoms with Crippen molar-refractivity contribution >= 4 is 5.91 Å². The number of nitrogens with zero attached hydrogens (tertiary/aromatic N) is 3. The van der Waals surface area contributed by atoms with Crippen molar-refractivity contribution in [3.8, 4) is 0 Å². The Morgan fingerprint density at radius 2 is 2.12 bits per heavy atom. The minimum Gasteiger partial charge on any atom is -0.442 e. The standard InChI is InChI=1S/C18H22FN3O3/c1-21(2)12-17(23)22-7-8-24-16(11-22)18-20-10-15(25-18)9-13-3-5-14(19)6-4-13/h3-6,10,16H,7-9,11-12H2,1-2H3. The number of aromatic nitrogens is 1. The van der Waals surface area contributed by atoms with E-state index in [4.69, 9.17) is 9.15 Å². The second-order valence-electron chi connectivity index (χ2n) is 6.41. The lowest BCUT2D eigenvalue weighted by atomic mass is 10.1. The number of likely N-dealkylation sites (N-methyl/N-ethyl adjacent to an activating group) is 1. The Morgan fingerprint density at radius 1 is 1.36 bits per heavy atom. The summed E-state index contributed by atoms with van der Waals surface area (Å²) in [4.78, 5) is 20.1. The average molecular weight is 347 g/mol. The molecule has 1 aliphatic rings. The summed E-state index contributed by atoms with van der Waals surface area (Å²) >= 11 is 0. The van der Waals surface area contributed by atoms with Crippen molar-refractivity contribution in [2.45, 2.75) is 12.5 Å². The summed E-state index contributed by atoms with van der Waals surface area (Å²) in [5.74, 6) is 0.956. The first-order valence-corrected chi connectivity index (χ1v) is 8.24. The molecule has 25 heavy (non-hydrogen) atoms. The van der Waals surface area contributed by atoms with Crippen LogP contribution in [0.3, 0.4) is 0 Å². The molecule has 0 bridgehead atoms. The van der Waals surface area contributed by atoms with Crippen LogP contribution in [0.15, 0.2) is 34.9 Å². The van der Waals surface area contributed by atoms with Gasteiger partial charge in [-0.15, -0.1) is 0 Å². The number of morpholine rings is 1. The Morgan fingerprint density at radius 3 is 2.84 bits per heavy atom. The zero-order valence-electron chi connectivity index (χ0n) is 14.4. The molecular formula is C18H22FN3O3. The Labute approximate surface area is 146 Å². The normalized spacial score (nSPS) is 17.9. The summed E-state index contributed by atoms with van der Waals surface area (Å²) in [6, 6.07) is 6.28. The van der Waals surface area contributed by atoms with Crippen molar-refractivity contribution in [3.63, 3.8) is 0 Å². The van der Waals surface area contributed by atoms with Gasteiger partial charge in [0.2, 0.25) is 11.8 Å². The lowest BCUT2D eigenvalue weighted by Crippen LogP contribution is -2.45. The topological polar surface area (TPSA) is 58.8 Å². The molecule has 0 aliphatic carbocycles. The van der Waals surface area contributed by atoms with Gasteiger partial charge < -0.3 is 19.0 Å². The van der Waals surface area contributed by atoms with Crippen LogP contribution in [0.2, 0.25) is 0 Å². The van der Waals surface area contributed by atoms with Gasteiger partial charge in [0.15, 0.2) is 6.10 Å². The van der Waals surface area contributed by atoms with E-state index in [9.17, 15) is 9.18 Å². The van der Waals surface area contributed by atoms with E-state index in [-0.39, 0.29) is 17.8 Å². The quantitative estimate of drug-likeness (QED) is 0.826. The van der Waals surface area contributed by atoms with E-state index in [1.54, 1.807) is 23.2 Å². The molecule has 1 amide bonds. The first-order chi connectivity index (χ1) is 12.0. The van der Waals surface area contributed by atoms with Crippen LogP contribution in [0.25, 0.3) is 0 Å². The van der Waals surface area contributed by atoms with E-state index in [0.29, 0.717) is 44.3 Å². The number of oxazole rings is 1. The molecule has 6 nitrogen and oxygen atoms in total. The molecule has 1 fully saturated rings. The predicted octanol–water partition coefficient (Wildman–Crippen LogP) is 1.87. The summed E-state index contributed by atoms with van der Waals surface area (Å²) in [5.41, 5.74) is 0.941. The number of carbonyl (C=O) groups excluding carboxylic acids is 1. The van der Waals surface area contributed by atoms with Crippen molar-refractivity contribution in [3.05, 3.63) is 53.5 Å². The minimum absolute atomic E-state index is 0.0661. The number of hydrogen-bond acceptors (Lipinski definition) is 5. The van der Waals surface area contributed by atoms with Crippen molar-refractivity contribution in [1.82, 2.24) is 14.8 Å². The molecule has 2 aromatic rings. The highest BCUT2D eigenvalue weighted by atomic mass is 19.1. The van der Waals surface area contributed by atoms with Gasteiger partial charge in [0.25, 0.3) is 0 Å². The molecule has 2 heterocycles. The van der Waals surface area contributed by atoms with Gasteiger partial charge in [-0.25, -0.2) is 9.37 Å². The monoisotopic (exact) mass is 347 g/mol. The van der Waals surface area contributed by atoms with Crippen LogP contribution in [0.5, 0.6) is 0 Å². The van der Waals surface area contributed by atoms with Crippen LogP contribution in [-0.4, -0.2) is 61.0 Å². The van der Waals surface area contributed by atoms with Crippen LogP contribution in [0.4, 0.5) is 4.39 Å². The van der Waals surface area contributed by atoms with E-state index >= 15 is 0 Å². The molecule has 134 valence electrons. The Balaban J connectivity index is 1.63. The zero-order valence-corrected chi connectivity index (χ0v) is 14.4. The van der Waals surface area contributed by atoms with E-state index in [2.05, 4.69) is 4.98 Å². The summed E-state index contributed by atoms with van der Waals surface area (Å²) in [5, 5.41) is 0. The average Bonchev–Trinajstić information content (AvgIpc) is 3.05. The van der Waals surface area contributed by atoms with Gasteiger partial charge in [-0.05, 0) is 31.8 Å². The number of hydrogen-bond donors (Lipinski definition) is 0. The van der Waals surface area contributed by atoms with Crippen LogP contribution >= 0.6 is 0 Å². The molecule has 1 saturated heterocycles. The van der Waals surface area contributed by atoms with Gasteiger partial charge >= 0.3 is 0 Å². The van der Waals surface area contributed by atoms with Gasteiger partial charge in [0.1, 0.15) is 11.6 Å². The van der Waals surface area contributed by atoms with Crippen LogP contribution in [0.1, 0.15) is 23.3 Å². The summed E-state index contributed by atoms with van der Waals surface area (Å²) in [6.07, 6.45) is 1.83. The molecule has 1 aliphatic heterocycles. The van der Waals surface area contributed by atoms with Gasteiger partial charge in [-0.3, -0.25) is 4.79 Å². The molecule has 1 unspecified atom stereocenters. The maximum absolute atomic E-state index is 13.0. The minimum atomic E-state index is -0.359. The van der Waals surface area contributed by atoms with Crippen molar-refractivity contribution in [2.24, 2.45) is 0 Å². The third-order valence-corrected chi connectivity index (χ3v) is 4.01. The van der Waals surface area contributed by atoms with E-state index in [0.717, 1.165) is 5.56 Å². The SMILES string of the molecule is CN(C)CC(=O)N1CCOC(c2ncc(Cc3ccc(F)cc3)o2)C1. The molecule has 1 aromatic heterocycles. The first-order valence-electron chi connectivity index (χ1n) is 8.24. The number of benzene rings is 1. The molecule has 1 aromatic carbocycles. The maximum Gasteiger partial charge on any atom is 0.236 e. The highest BCUT2D eigenvalue weighted by molar-refractivity contribution is 5.78. The summed E-state index contributed by atoms with van der Waals surface area (Å²) < 4.78 is 24.5. The molecular weight excluding hydrogens is 325 g/mol. The Kier molecular flexibility index (Phi) is 5.45. The van der Waals surface area contributed by atoms with Gasteiger partial charge in [-0.2, -0.15) is 0 Å². The first kappa shape index (κ1) is 17.6. The van der Waals surface area contributed by atoms with Crippen molar-refractivity contribution < 1.29 is 18.3 Å². The highest BCUT2D eigenvalue weighted by Crippen LogP contribution is 2.23. The summed E-state index contributed by atoms with van der Waals surface area (Å²) in [7, 11) is 3.73. The molecule has 0 saturated carbocycles. The largest absolute Gasteiger partial charge is 0.442 e. The number of amides is 1. The fourth-order valence-electron chi connectivity index (χ4n) is 2.75. The van der Waals surface area contributed by atoms with Crippen LogP contribution in [-0.2, 0) is 16.0 Å². The van der Waals surface area contributed by atoms with Crippen LogP contribution in [0, 0.1) is 5.82 Å². The zero-order chi connectivity index (χ0) is 17.8. The third-order valence-electron chi connectivity index (χ3n) is 4.01. The number of carbonyl (C=O) groups is 1. The maximum atomic E-state index is 13.0. The van der Waals surface area contributed by atoms with E-state index in [1.165, 1.54) is 12.1 Å². The lowest BCUT2D eigenvalue weighted by molar-refractivity contribution is -0.140. The Hall–Kier alpha value is -2.25. The van der Waals surface area contributed by atoms with Gasteiger partial charge in [0, 0.05) is 13.0 Å². The Bertz CT molecular complexity index is 715. The van der Waals surface area contributed by atoms with Gasteiger partial charge in [0.05, 0.1) is 25.9 Å². The molecule has 0 spiro atoms. The fraction of sp³-hybridized carbons (Fsp3) is 0.444. The van der Waals surface area contributed by atoms with Crippen molar-refractivity contribution in [1.29, 1.82) is 0 Å². The molecule has 0 radical (unpaired) electrons. The second kappa shape index (κ2) is 7.76. The third kappa shape index (κ3) is 4.64. The molecule has 7 heteroatoms. The molecule has 3 rings (SSSR count). The lowest BCUT2D eigenvalue weighted by Gasteiger charge is -2.32. The van der Waals surface area contributed by atoms with Gasteiger partial charge in [-0.1, -0.05) is 12.1 Å². The number of ether oxygens (including phenoxy) is 1. The summed E-state index contributed by atoms with van der Waals surface area (Å²) in [6.45, 7) is 1.84. The predicted molar refractivity (Wildman–Crippen MR) is 89.5 cm³/mol. The van der Waals surface area contributed by atoms with E-state index in [1.807, 2.05) is 19.0 Å². The number of rotatable bonds is 5. The molecule has 1 atom stereocenters. The smallest absolute Gasteiger partial charge is 0.236 e. The number of halogens is 1. The highest BCUT2D eigenvalue weighted by Gasteiger charge is 2.28. The van der Waals surface area contributed by atoms with Crippen LogP contribution < -0.4 is 0 Å². The van der Waals surface area contributed by atoms with Crippen molar-refractivity contribution in [2.75, 3.05) is 40.3 Å². The molecule has 0 N–H and O–H groups in total. The fourth-order valence-corrected chi connectivity index (χ4v) is 2.75. The van der Waals surface area contributed by atoms with E-state index < -0.39 is 0 Å².